The molecule has 3 aromatic rings. The van der Waals surface area contributed by atoms with Crippen LogP contribution in [0, 0.1) is 11.3 Å². The fraction of sp³-hybridized carbons (Fsp3) is 0.174. The lowest BCUT2D eigenvalue weighted by molar-refractivity contribution is 0.0527. The van der Waals surface area contributed by atoms with Gasteiger partial charge in [-0.1, -0.05) is 12.1 Å². The molecular formula is C23H21N3O3S. The quantitative estimate of drug-likeness (QED) is 0.391. The molecule has 1 N–H and O–H groups in total. The summed E-state index contributed by atoms with van der Waals surface area (Å²) in [6, 6.07) is 16.8. The molecule has 152 valence electrons. The van der Waals surface area contributed by atoms with Crippen LogP contribution in [-0.2, 0) is 4.74 Å². The molecular weight excluding hydrogens is 398 g/mol. The summed E-state index contributed by atoms with van der Waals surface area (Å²) in [5, 5.41) is 15.1. The van der Waals surface area contributed by atoms with Crippen molar-refractivity contribution in [1.29, 1.82) is 5.26 Å². The molecule has 30 heavy (non-hydrogen) atoms. The summed E-state index contributed by atoms with van der Waals surface area (Å²) in [7, 11) is 0. The average molecular weight is 420 g/mol. The van der Waals surface area contributed by atoms with Crippen molar-refractivity contribution in [3.05, 3.63) is 70.7 Å². The summed E-state index contributed by atoms with van der Waals surface area (Å²) < 4.78 is 10.5. The molecule has 0 aliphatic carbocycles. The number of hydrogen-bond donors (Lipinski definition) is 1. The molecule has 0 fully saturated rings. The molecule has 0 unspecified atom stereocenters. The predicted octanol–water partition coefficient (Wildman–Crippen LogP) is 5.36. The van der Waals surface area contributed by atoms with Crippen molar-refractivity contribution in [3.63, 3.8) is 0 Å². The number of carbonyl (C=O) groups is 1. The number of benzene rings is 2. The third kappa shape index (κ3) is 5.04. The maximum absolute atomic E-state index is 12.1. The molecule has 3 rings (SSSR count). The van der Waals surface area contributed by atoms with Crippen LogP contribution in [0.2, 0.25) is 0 Å². The topological polar surface area (TPSA) is 84.2 Å². The smallest absolute Gasteiger partial charge is 0.340 e. The van der Waals surface area contributed by atoms with Crippen LogP contribution in [0.3, 0.4) is 0 Å². The van der Waals surface area contributed by atoms with Gasteiger partial charge in [0, 0.05) is 17.1 Å². The Morgan fingerprint density at radius 2 is 1.93 bits per heavy atom. The minimum atomic E-state index is -0.417. The van der Waals surface area contributed by atoms with Crippen molar-refractivity contribution < 1.29 is 14.3 Å². The Kier molecular flexibility index (Phi) is 7.19. The number of anilines is 1. The van der Waals surface area contributed by atoms with Crippen LogP contribution in [-0.4, -0.2) is 24.2 Å². The standard InChI is InChI=1S/C23H21N3O3S/c1-3-28-18-11-9-16(10-12-18)21-15-30-22(26-21)17(13-24)14-25-20-8-6-5-7-19(20)23(27)29-4-2/h5-12,14-15,25H,3-4H2,1-2H3. The summed E-state index contributed by atoms with van der Waals surface area (Å²) in [4.78, 5) is 16.7. The minimum Gasteiger partial charge on any atom is -0.494 e. The van der Waals surface area contributed by atoms with Crippen molar-refractivity contribution in [3.8, 4) is 23.1 Å². The summed E-state index contributed by atoms with van der Waals surface area (Å²) in [5.74, 6) is 0.387. The molecule has 0 saturated heterocycles. The highest BCUT2D eigenvalue weighted by atomic mass is 32.1. The Labute approximate surface area is 179 Å². The van der Waals surface area contributed by atoms with Gasteiger partial charge >= 0.3 is 5.97 Å². The van der Waals surface area contributed by atoms with Crippen molar-refractivity contribution in [1.82, 2.24) is 4.98 Å². The lowest BCUT2D eigenvalue weighted by Crippen LogP contribution is -2.07. The number of hydrogen-bond acceptors (Lipinski definition) is 7. The second kappa shape index (κ2) is 10.2. The van der Waals surface area contributed by atoms with E-state index in [-0.39, 0.29) is 0 Å². The third-order valence-corrected chi connectivity index (χ3v) is 4.99. The molecule has 0 atom stereocenters. The molecule has 1 heterocycles. The first-order valence-electron chi connectivity index (χ1n) is 9.48. The zero-order valence-corrected chi connectivity index (χ0v) is 17.5. The summed E-state index contributed by atoms with van der Waals surface area (Å²) in [6.07, 6.45) is 1.55. The largest absolute Gasteiger partial charge is 0.494 e. The van der Waals surface area contributed by atoms with Crippen molar-refractivity contribution in [2.45, 2.75) is 13.8 Å². The monoisotopic (exact) mass is 419 g/mol. The molecule has 0 bridgehead atoms. The Morgan fingerprint density at radius 1 is 1.17 bits per heavy atom. The first-order chi connectivity index (χ1) is 14.7. The molecule has 0 aliphatic rings. The Bertz CT molecular complexity index is 1080. The average Bonchev–Trinajstić information content (AvgIpc) is 3.25. The number of nitriles is 1. The predicted molar refractivity (Wildman–Crippen MR) is 118 cm³/mol. The van der Waals surface area contributed by atoms with Gasteiger partial charge in [-0.15, -0.1) is 11.3 Å². The van der Waals surface area contributed by atoms with E-state index in [2.05, 4.69) is 16.4 Å². The van der Waals surface area contributed by atoms with E-state index < -0.39 is 5.97 Å². The van der Waals surface area contributed by atoms with Crippen molar-refractivity contribution in [2.75, 3.05) is 18.5 Å². The summed E-state index contributed by atoms with van der Waals surface area (Å²) >= 11 is 1.38. The number of carbonyl (C=O) groups excluding carboxylic acids is 1. The highest BCUT2D eigenvalue weighted by Crippen LogP contribution is 2.27. The fourth-order valence-corrected chi connectivity index (χ4v) is 3.50. The van der Waals surface area contributed by atoms with Crippen LogP contribution in [0.15, 0.2) is 60.1 Å². The number of ether oxygens (including phenoxy) is 2. The first kappa shape index (κ1) is 21.1. The van der Waals surface area contributed by atoms with Crippen LogP contribution < -0.4 is 10.1 Å². The lowest BCUT2D eigenvalue weighted by Gasteiger charge is -2.08. The number of nitrogens with one attached hydrogen (secondary N) is 1. The van der Waals surface area contributed by atoms with E-state index in [4.69, 9.17) is 9.47 Å². The number of aromatic nitrogens is 1. The zero-order valence-electron chi connectivity index (χ0n) is 16.7. The van der Waals surface area contributed by atoms with Crippen LogP contribution in [0.5, 0.6) is 5.75 Å². The number of thiazole rings is 1. The van der Waals surface area contributed by atoms with Gasteiger partial charge in [0.05, 0.1) is 30.2 Å². The van der Waals surface area contributed by atoms with Gasteiger partial charge in [0.1, 0.15) is 22.4 Å². The fourth-order valence-electron chi connectivity index (χ4n) is 2.71. The van der Waals surface area contributed by atoms with Gasteiger partial charge in [-0.05, 0) is 50.2 Å². The number of allylic oxidation sites excluding steroid dienone is 1. The number of rotatable bonds is 8. The van der Waals surface area contributed by atoms with E-state index in [1.165, 1.54) is 11.3 Å². The molecule has 0 amide bonds. The first-order valence-corrected chi connectivity index (χ1v) is 10.4. The minimum absolute atomic E-state index is 0.292. The molecule has 0 saturated carbocycles. The molecule has 7 heteroatoms. The highest BCUT2D eigenvalue weighted by molar-refractivity contribution is 7.11. The van der Waals surface area contributed by atoms with E-state index in [9.17, 15) is 10.1 Å². The van der Waals surface area contributed by atoms with Crippen molar-refractivity contribution >= 4 is 28.6 Å². The van der Waals surface area contributed by atoms with Crippen LogP contribution in [0.1, 0.15) is 29.2 Å². The van der Waals surface area contributed by atoms with Gasteiger partial charge in [-0.25, -0.2) is 9.78 Å². The Morgan fingerprint density at radius 3 is 2.63 bits per heavy atom. The molecule has 6 nitrogen and oxygen atoms in total. The normalized spacial score (nSPS) is 10.9. The van der Waals surface area contributed by atoms with Gasteiger partial charge in [0.15, 0.2) is 0 Å². The lowest BCUT2D eigenvalue weighted by atomic mass is 10.1. The van der Waals surface area contributed by atoms with E-state index in [0.717, 1.165) is 17.0 Å². The third-order valence-electron chi connectivity index (χ3n) is 4.11. The Balaban J connectivity index is 1.80. The van der Waals surface area contributed by atoms with E-state index >= 15 is 0 Å². The maximum atomic E-state index is 12.1. The van der Waals surface area contributed by atoms with Gasteiger partial charge in [0.2, 0.25) is 0 Å². The van der Waals surface area contributed by atoms with Gasteiger partial charge in [-0.3, -0.25) is 0 Å². The van der Waals surface area contributed by atoms with Crippen LogP contribution in [0.4, 0.5) is 5.69 Å². The van der Waals surface area contributed by atoms with E-state index in [1.807, 2.05) is 36.6 Å². The molecule has 1 aromatic heterocycles. The molecule has 0 spiro atoms. The summed E-state index contributed by atoms with van der Waals surface area (Å²) in [5.41, 5.74) is 3.06. The SMILES string of the molecule is CCOC(=O)c1ccccc1NC=C(C#N)c1nc(-c2ccc(OCC)cc2)cs1. The zero-order chi connectivity index (χ0) is 21.3. The highest BCUT2D eigenvalue weighted by Gasteiger charge is 2.13. The molecule has 0 radical (unpaired) electrons. The van der Waals surface area contributed by atoms with Gasteiger partial charge < -0.3 is 14.8 Å². The van der Waals surface area contributed by atoms with E-state index in [1.54, 1.807) is 37.4 Å². The van der Waals surface area contributed by atoms with E-state index in [0.29, 0.717) is 35.0 Å². The van der Waals surface area contributed by atoms with Crippen molar-refractivity contribution in [2.24, 2.45) is 0 Å². The second-order valence-electron chi connectivity index (χ2n) is 6.08. The molecule has 2 aromatic carbocycles. The number of para-hydroxylation sites is 1. The van der Waals surface area contributed by atoms with Gasteiger partial charge in [0.25, 0.3) is 0 Å². The molecule has 0 aliphatic heterocycles. The van der Waals surface area contributed by atoms with Crippen LogP contribution >= 0.6 is 11.3 Å². The second-order valence-corrected chi connectivity index (χ2v) is 6.93. The maximum Gasteiger partial charge on any atom is 0.340 e. The Hall–Kier alpha value is -3.63. The number of esters is 1. The van der Waals surface area contributed by atoms with Crippen LogP contribution in [0.25, 0.3) is 16.8 Å². The van der Waals surface area contributed by atoms with Gasteiger partial charge in [-0.2, -0.15) is 5.26 Å². The number of nitrogens with zero attached hydrogens (tertiary/aromatic N) is 2. The summed E-state index contributed by atoms with van der Waals surface area (Å²) in [6.45, 7) is 4.60.